The van der Waals surface area contributed by atoms with E-state index in [4.69, 9.17) is 9.47 Å². The van der Waals surface area contributed by atoms with Crippen molar-refractivity contribution in [1.29, 1.82) is 0 Å². The summed E-state index contributed by atoms with van der Waals surface area (Å²) in [4.78, 5) is 19.3. The molecular weight excluding hydrogens is 446 g/mol. The fourth-order valence-electron chi connectivity index (χ4n) is 3.84. The summed E-state index contributed by atoms with van der Waals surface area (Å²) in [5.74, 6) is 1.47. The third-order valence-electron chi connectivity index (χ3n) is 5.75. The lowest BCUT2D eigenvalue weighted by atomic mass is 9.87. The number of carbonyl (C=O) groups is 1. The molecule has 0 saturated carbocycles. The number of aromatic nitrogens is 1. The van der Waals surface area contributed by atoms with Gasteiger partial charge >= 0.3 is 0 Å². The first kappa shape index (κ1) is 24.2. The fourth-order valence-corrected chi connectivity index (χ4v) is 4.66. The Labute approximate surface area is 205 Å². The van der Waals surface area contributed by atoms with Crippen LogP contribution in [0.1, 0.15) is 66.3 Å². The Kier molecular flexibility index (Phi) is 7.54. The Balaban J connectivity index is 1.51. The van der Waals surface area contributed by atoms with E-state index in [1.807, 2.05) is 24.4 Å². The number of carbonyl (C=O) groups excluding carboxylic acids is 1. The highest BCUT2D eigenvalue weighted by molar-refractivity contribution is 7.09. The van der Waals surface area contributed by atoms with Crippen molar-refractivity contribution >= 4 is 17.2 Å². The maximum atomic E-state index is 12.3. The lowest BCUT2D eigenvalue weighted by molar-refractivity contribution is 0.0949. The van der Waals surface area contributed by atoms with E-state index in [0.717, 1.165) is 41.6 Å². The van der Waals surface area contributed by atoms with Crippen molar-refractivity contribution in [2.24, 2.45) is 0 Å². The minimum Gasteiger partial charge on any atom is -0.454 e. The number of rotatable bonds is 9. The largest absolute Gasteiger partial charge is 0.454 e. The van der Waals surface area contributed by atoms with Crippen LogP contribution in [0.5, 0.6) is 11.5 Å². The molecule has 34 heavy (non-hydrogen) atoms. The van der Waals surface area contributed by atoms with E-state index in [9.17, 15) is 4.79 Å². The summed E-state index contributed by atoms with van der Waals surface area (Å²) in [6.45, 7) is 11.8. The summed E-state index contributed by atoms with van der Waals surface area (Å²) >= 11 is 1.53. The zero-order chi connectivity index (χ0) is 24.1. The van der Waals surface area contributed by atoms with E-state index in [-0.39, 0.29) is 18.1 Å². The first-order valence-electron chi connectivity index (χ1n) is 11.7. The predicted molar refractivity (Wildman–Crippen MR) is 135 cm³/mol. The molecule has 7 heteroatoms. The Hall–Kier alpha value is -2.90. The van der Waals surface area contributed by atoms with Crippen LogP contribution in [-0.4, -0.2) is 29.1 Å². The van der Waals surface area contributed by atoms with Crippen molar-refractivity contribution in [2.75, 3.05) is 13.3 Å². The Morgan fingerprint density at radius 3 is 2.47 bits per heavy atom. The van der Waals surface area contributed by atoms with Gasteiger partial charge in [0.1, 0.15) is 10.7 Å². The number of ether oxygens (including phenoxy) is 2. The first-order chi connectivity index (χ1) is 16.3. The highest BCUT2D eigenvalue weighted by atomic mass is 32.1. The SMILES string of the molecule is CCCNC(=O)c1csc(CN(Cc2ccc(C(C)(C)C)cc2)Cc2ccc3c(c2)OCO3)n1. The fraction of sp³-hybridized carbons (Fsp3) is 0.407. The van der Waals surface area contributed by atoms with Gasteiger partial charge in [0.2, 0.25) is 6.79 Å². The second kappa shape index (κ2) is 10.6. The molecule has 1 aromatic heterocycles. The zero-order valence-electron chi connectivity index (χ0n) is 20.4. The van der Waals surface area contributed by atoms with Gasteiger partial charge in [-0.15, -0.1) is 11.3 Å². The van der Waals surface area contributed by atoms with Crippen LogP contribution >= 0.6 is 11.3 Å². The van der Waals surface area contributed by atoms with Crippen molar-refractivity contribution in [2.45, 2.75) is 59.2 Å². The quantitative estimate of drug-likeness (QED) is 0.438. The van der Waals surface area contributed by atoms with E-state index >= 15 is 0 Å². The lowest BCUT2D eigenvalue weighted by Crippen LogP contribution is -2.25. The van der Waals surface area contributed by atoms with Gasteiger partial charge in [0.25, 0.3) is 5.91 Å². The number of nitrogens with zero attached hydrogens (tertiary/aromatic N) is 2. The van der Waals surface area contributed by atoms with Crippen molar-refractivity contribution in [3.8, 4) is 11.5 Å². The van der Waals surface area contributed by atoms with Gasteiger partial charge in [-0.25, -0.2) is 4.98 Å². The molecule has 4 rings (SSSR count). The Morgan fingerprint density at radius 1 is 1.03 bits per heavy atom. The molecule has 1 N–H and O–H groups in total. The van der Waals surface area contributed by atoms with Gasteiger partial charge < -0.3 is 14.8 Å². The summed E-state index contributed by atoms with van der Waals surface area (Å²) < 4.78 is 11.0. The summed E-state index contributed by atoms with van der Waals surface area (Å²) in [6, 6.07) is 14.9. The molecule has 0 saturated heterocycles. The van der Waals surface area contributed by atoms with Crippen LogP contribution in [-0.2, 0) is 25.0 Å². The molecule has 1 aliphatic heterocycles. The minimum atomic E-state index is -0.107. The molecule has 1 amide bonds. The van der Waals surface area contributed by atoms with Crippen LogP contribution < -0.4 is 14.8 Å². The molecular formula is C27H33N3O3S. The Morgan fingerprint density at radius 2 is 1.74 bits per heavy atom. The predicted octanol–water partition coefficient (Wildman–Crippen LogP) is 5.51. The molecule has 0 fully saturated rings. The van der Waals surface area contributed by atoms with E-state index in [1.54, 1.807) is 0 Å². The van der Waals surface area contributed by atoms with Crippen molar-refractivity contribution in [3.05, 3.63) is 75.2 Å². The lowest BCUT2D eigenvalue weighted by Gasteiger charge is -2.23. The maximum Gasteiger partial charge on any atom is 0.270 e. The second-order valence-corrected chi connectivity index (χ2v) is 10.6. The van der Waals surface area contributed by atoms with Gasteiger partial charge in [0.15, 0.2) is 11.5 Å². The summed E-state index contributed by atoms with van der Waals surface area (Å²) in [5, 5.41) is 5.67. The number of hydrogen-bond acceptors (Lipinski definition) is 6. The van der Waals surface area contributed by atoms with Crippen LogP contribution in [0.15, 0.2) is 47.8 Å². The monoisotopic (exact) mass is 479 g/mol. The van der Waals surface area contributed by atoms with Gasteiger partial charge in [-0.3, -0.25) is 9.69 Å². The third kappa shape index (κ3) is 6.15. The van der Waals surface area contributed by atoms with Crippen LogP contribution in [0.3, 0.4) is 0 Å². The molecule has 2 heterocycles. The summed E-state index contributed by atoms with van der Waals surface area (Å²) in [7, 11) is 0. The van der Waals surface area contributed by atoms with Gasteiger partial charge in [-0.2, -0.15) is 0 Å². The molecule has 1 aliphatic rings. The van der Waals surface area contributed by atoms with Crippen molar-refractivity contribution < 1.29 is 14.3 Å². The topological polar surface area (TPSA) is 63.7 Å². The molecule has 2 aromatic carbocycles. The molecule has 0 atom stereocenters. The number of benzene rings is 2. The van der Waals surface area contributed by atoms with Crippen LogP contribution in [0, 0.1) is 0 Å². The standard InChI is InChI=1S/C27H33N3O3S/c1-5-12-28-26(31)22-17-34-25(29-22)16-30(14-19-6-9-21(10-7-19)27(2,3)4)15-20-8-11-23-24(13-20)33-18-32-23/h6-11,13,17H,5,12,14-16,18H2,1-4H3,(H,28,31). The van der Waals surface area contributed by atoms with Gasteiger partial charge in [0.05, 0.1) is 6.54 Å². The highest BCUT2D eigenvalue weighted by Gasteiger charge is 2.18. The zero-order valence-corrected chi connectivity index (χ0v) is 21.2. The van der Waals surface area contributed by atoms with Gasteiger partial charge in [-0.05, 0) is 40.7 Å². The number of amides is 1. The van der Waals surface area contributed by atoms with Gasteiger partial charge in [-0.1, -0.05) is 58.0 Å². The molecule has 180 valence electrons. The molecule has 0 radical (unpaired) electrons. The van der Waals surface area contributed by atoms with Crippen molar-refractivity contribution in [3.63, 3.8) is 0 Å². The number of hydrogen-bond donors (Lipinski definition) is 1. The second-order valence-electron chi connectivity index (χ2n) is 9.66. The van der Waals surface area contributed by atoms with Crippen LogP contribution in [0.25, 0.3) is 0 Å². The summed E-state index contributed by atoms with van der Waals surface area (Å²) in [5.41, 5.74) is 4.33. The van der Waals surface area contributed by atoms with E-state index in [1.165, 1.54) is 22.5 Å². The average molecular weight is 480 g/mol. The molecule has 3 aromatic rings. The minimum absolute atomic E-state index is 0.107. The molecule has 0 bridgehead atoms. The normalized spacial score (nSPS) is 12.9. The van der Waals surface area contributed by atoms with Gasteiger partial charge in [0, 0.05) is 25.0 Å². The molecule has 0 aliphatic carbocycles. The van der Waals surface area contributed by atoms with E-state index in [0.29, 0.717) is 18.8 Å². The van der Waals surface area contributed by atoms with Crippen LogP contribution in [0.4, 0.5) is 0 Å². The number of nitrogens with one attached hydrogen (secondary N) is 1. The van der Waals surface area contributed by atoms with Crippen LogP contribution in [0.2, 0.25) is 0 Å². The number of thiazole rings is 1. The molecule has 0 spiro atoms. The molecule has 0 unspecified atom stereocenters. The Bertz CT molecular complexity index is 1120. The third-order valence-corrected chi connectivity index (χ3v) is 6.58. The number of fused-ring (bicyclic) bond motifs is 1. The maximum absolute atomic E-state index is 12.3. The smallest absolute Gasteiger partial charge is 0.270 e. The summed E-state index contributed by atoms with van der Waals surface area (Å²) in [6.07, 6.45) is 0.903. The van der Waals surface area contributed by atoms with Crippen molar-refractivity contribution in [1.82, 2.24) is 15.2 Å². The molecule has 6 nitrogen and oxygen atoms in total. The van der Waals surface area contributed by atoms with E-state index < -0.39 is 0 Å². The first-order valence-corrected chi connectivity index (χ1v) is 12.6. The average Bonchev–Trinajstić information content (AvgIpc) is 3.46. The highest BCUT2D eigenvalue weighted by Crippen LogP contribution is 2.33. The van der Waals surface area contributed by atoms with E-state index in [2.05, 4.69) is 66.3 Å².